The molecule has 1 atom stereocenters. The van der Waals surface area contributed by atoms with Crippen molar-refractivity contribution in [2.45, 2.75) is 6.10 Å². The van der Waals surface area contributed by atoms with Gasteiger partial charge in [0, 0.05) is 18.3 Å². The van der Waals surface area contributed by atoms with Crippen LogP contribution in [0.15, 0.2) is 42.5 Å². The maximum absolute atomic E-state index is 12.5. The van der Waals surface area contributed by atoms with Gasteiger partial charge in [-0.05, 0) is 24.3 Å². The summed E-state index contributed by atoms with van der Waals surface area (Å²) in [6, 6.07) is 13.3. The first-order valence-electron chi connectivity index (χ1n) is 9.80. The van der Waals surface area contributed by atoms with Gasteiger partial charge >= 0.3 is 6.09 Å². The van der Waals surface area contributed by atoms with E-state index in [-0.39, 0.29) is 0 Å². The van der Waals surface area contributed by atoms with Gasteiger partial charge in [-0.3, -0.25) is 5.32 Å². The molecule has 1 amide bonds. The van der Waals surface area contributed by atoms with Crippen LogP contribution in [-0.4, -0.2) is 56.7 Å². The number of carbonyl (C=O) groups is 1. The molecule has 0 spiro atoms. The molecule has 0 radical (unpaired) electrons. The van der Waals surface area contributed by atoms with Crippen LogP contribution < -0.4 is 19.7 Å². The van der Waals surface area contributed by atoms with Gasteiger partial charge in [-0.2, -0.15) is 0 Å². The number of fused-ring (bicyclic) bond motifs is 2. The lowest BCUT2D eigenvalue weighted by molar-refractivity contribution is 0.0444. The van der Waals surface area contributed by atoms with Gasteiger partial charge in [0.25, 0.3) is 0 Å². The minimum atomic E-state index is -0.536. The van der Waals surface area contributed by atoms with Gasteiger partial charge in [0.15, 0.2) is 16.6 Å². The molecule has 0 unspecified atom stereocenters. The Morgan fingerprint density at radius 1 is 1.13 bits per heavy atom. The molecule has 3 aromatic rings. The maximum Gasteiger partial charge on any atom is 0.412 e. The summed E-state index contributed by atoms with van der Waals surface area (Å²) in [5.41, 5.74) is 1.55. The standard InChI is InChI=1S/C21H21N3O5S/c25-21(22-14-5-6-17-18(11-14)28-10-9-27-17)29-15-12-24(7-8-26-13-15)20-23-16-3-1-2-4-19(16)30-20/h1-6,11,15H,7-10,12-13H2,(H,22,25)/t15-/m1/s1. The van der Waals surface area contributed by atoms with E-state index in [4.69, 9.17) is 23.9 Å². The molecule has 2 aliphatic heterocycles. The van der Waals surface area contributed by atoms with Crippen molar-refractivity contribution in [2.75, 3.05) is 49.7 Å². The summed E-state index contributed by atoms with van der Waals surface area (Å²) < 4.78 is 23.5. The first-order valence-corrected chi connectivity index (χ1v) is 10.6. The number of hydrogen-bond acceptors (Lipinski definition) is 8. The number of rotatable bonds is 3. The summed E-state index contributed by atoms with van der Waals surface area (Å²) in [5.74, 6) is 1.28. The maximum atomic E-state index is 12.5. The third-order valence-electron chi connectivity index (χ3n) is 4.85. The van der Waals surface area contributed by atoms with E-state index < -0.39 is 12.2 Å². The molecule has 1 fully saturated rings. The zero-order valence-corrected chi connectivity index (χ0v) is 17.0. The van der Waals surface area contributed by atoms with Crippen molar-refractivity contribution in [3.63, 3.8) is 0 Å². The van der Waals surface area contributed by atoms with E-state index in [1.54, 1.807) is 29.5 Å². The third-order valence-corrected chi connectivity index (χ3v) is 5.95. The molecule has 156 valence electrons. The molecule has 8 nitrogen and oxygen atoms in total. The summed E-state index contributed by atoms with van der Waals surface area (Å²) in [5, 5.41) is 3.66. The van der Waals surface area contributed by atoms with Crippen LogP contribution in [-0.2, 0) is 9.47 Å². The lowest BCUT2D eigenvalue weighted by Crippen LogP contribution is -2.36. The number of amides is 1. The second-order valence-electron chi connectivity index (χ2n) is 7.00. The fraction of sp³-hybridized carbons (Fsp3) is 0.333. The molecule has 1 aromatic heterocycles. The Labute approximate surface area is 177 Å². The van der Waals surface area contributed by atoms with Crippen LogP contribution in [0.1, 0.15) is 0 Å². The predicted molar refractivity (Wildman–Crippen MR) is 114 cm³/mol. The molecule has 9 heteroatoms. The van der Waals surface area contributed by atoms with E-state index in [0.29, 0.717) is 56.7 Å². The van der Waals surface area contributed by atoms with Crippen LogP contribution in [0.25, 0.3) is 10.2 Å². The predicted octanol–water partition coefficient (Wildman–Crippen LogP) is 3.52. The largest absolute Gasteiger partial charge is 0.486 e. The summed E-state index contributed by atoms with van der Waals surface area (Å²) in [6.45, 7) is 3.13. The van der Waals surface area contributed by atoms with Gasteiger partial charge in [-0.15, -0.1) is 0 Å². The fourth-order valence-corrected chi connectivity index (χ4v) is 4.44. The third kappa shape index (κ3) is 4.12. The van der Waals surface area contributed by atoms with Crippen molar-refractivity contribution in [3.8, 4) is 11.5 Å². The van der Waals surface area contributed by atoms with Gasteiger partial charge in [0.2, 0.25) is 0 Å². The molecule has 0 aliphatic carbocycles. The Kier molecular flexibility index (Phi) is 5.29. The fourth-order valence-electron chi connectivity index (χ4n) is 3.44. The number of nitrogens with zero attached hydrogens (tertiary/aromatic N) is 2. The first kappa shape index (κ1) is 19.0. The average Bonchev–Trinajstić information content (AvgIpc) is 3.06. The van der Waals surface area contributed by atoms with Gasteiger partial charge in [0.05, 0.1) is 30.0 Å². The molecule has 2 aromatic carbocycles. The Morgan fingerprint density at radius 3 is 2.90 bits per heavy atom. The number of benzene rings is 2. The van der Waals surface area contributed by atoms with Crippen molar-refractivity contribution in [2.24, 2.45) is 0 Å². The molecule has 30 heavy (non-hydrogen) atoms. The highest BCUT2D eigenvalue weighted by Crippen LogP contribution is 2.33. The van der Waals surface area contributed by atoms with Crippen LogP contribution in [0.2, 0.25) is 0 Å². The van der Waals surface area contributed by atoms with Crippen molar-refractivity contribution in [1.29, 1.82) is 0 Å². The average molecular weight is 427 g/mol. The molecule has 0 saturated carbocycles. The molecular formula is C21H21N3O5S. The smallest absolute Gasteiger partial charge is 0.412 e. The molecule has 5 rings (SSSR count). The molecule has 1 N–H and O–H groups in total. The van der Waals surface area contributed by atoms with Crippen molar-refractivity contribution in [3.05, 3.63) is 42.5 Å². The lowest BCUT2D eigenvalue weighted by Gasteiger charge is -2.23. The number of carbonyl (C=O) groups excluding carboxylic acids is 1. The Bertz CT molecular complexity index is 1020. The summed E-state index contributed by atoms with van der Waals surface area (Å²) in [4.78, 5) is 19.3. The molecule has 1 saturated heterocycles. The highest BCUT2D eigenvalue weighted by molar-refractivity contribution is 7.22. The van der Waals surface area contributed by atoms with E-state index in [1.165, 1.54) is 0 Å². The van der Waals surface area contributed by atoms with Crippen LogP contribution in [0.4, 0.5) is 15.6 Å². The monoisotopic (exact) mass is 427 g/mol. The zero-order chi connectivity index (χ0) is 20.3. The number of hydrogen-bond donors (Lipinski definition) is 1. The van der Waals surface area contributed by atoms with Gasteiger partial charge < -0.3 is 23.8 Å². The molecule has 0 bridgehead atoms. The number of aromatic nitrogens is 1. The van der Waals surface area contributed by atoms with Gasteiger partial charge in [-0.25, -0.2) is 9.78 Å². The second kappa shape index (κ2) is 8.37. The van der Waals surface area contributed by atoms with Crippen LogP contribution in [0.5, 0.6) is 11.5 Å². The SMILES string of the molecule is O=C(Nc1ccc2c(c1)OCCO2)O[C@H]1COCCN(c2nc3ccccc3s2)C1. The second-order valence-corrected chi connectivity index (χ2v) is 8.00. The lowest BCUT2D eigenvalue weighted by atomic mass is 10.2. The first-order chi connectivity index (χ1) is 14.7. The Hall–Kier alpha value is -3.04. The van der Waals surface area contributed by atoms with E-state index in [1.807, 2.05) is 18.2 Å². The molecule has 2 aliphatic rings. The van der Waals surface area contributed by atoms with E-state index >= 15 is 0 Å². The molecule has 3 heterocycles. The minimum Gasteiger partial charge on any atom is -0.486 e. The number of anilines is 2. The highest BCUT2D eigenvalue weighted by Gasteiger charge is 2.24. The van der Waals surface area contributed by atoms with Crippen LogP contribution >= 0.6 is 11.3 Å². The number of ether oxygens (including phenoxy) is 4. The molecular weight excluding hydrogens is 406 g/mol. The summed E-state index contributed by atoms with van der Waals surface area (Å²) in [7, 11) is 0. The van der Waals surface area contributed by atoms with Crippen molar-refractivity contribution in [1.82, 2.24) is 4.98 Å². The highest BCUT2D eigenvalue weighted by atomic mass is 32.1. The zero-order valence-electron chi connectivity index (χ0n) is 16.2. The number of para-hydroxylation sites is 1. The quantitative estimate of drug-likeness (QED) is 0.685. The minimum absolute atomic E-state index is 0.343. The Balaban J connectivity index is 1.24. The number of nitrogens with one attached hydrogen (secondary N) is 1. The van der Waals surface area contributed by atoms with E-state index in [0.717, 1.165) is 15.3 Å². The Morgan fingerprint density at radius 2 is 2.00 bits per heavy atom. The van der Waals surface area contributed by atoms with E-state index in [9.17, 15) is 4.79 Å². The van der Waals surface area contributed by atoms with Gasteiger partial charge in [-0.1, -0.05) is 23.5 Å². The summed E-state index contributed by atoms with van der Waals surface area (Å²) >= 11 is 1.63. The van der Waals surface area contributed by atoms with Crippen LogP contribution in [0.3, 0.4) is 0 Å². The van der Waals surface area contributed by atoms with Gasteiger partial charge in [0.1, 0.15) is 19.3 Å². The van der Waals surface area contributed by atoms with Crippen molar-refractivity contribution >= 4 is 38.5 Å². The van der Waals surface area contributed by atoms with E-state index in [2.05, 4.69) is 16.3 Å². The number of thiazole rings is 1. The van der Waals surface area contributed by atoms with Crippen molar-refractivity contribution < 1.29 is 23.7 Å². The summed E-state index contributed by atoms with van der Waals surface area (Å²) in [6.07, 6.45) is -0.942. The van der Waals surface area contributed by atoms with Crippen LogP contribution in [0, 0.1) is 0 Å². The normalized spacial score (nSPS) is 18.7. The topological polar surface area (TPSA) is 82.2 Å².